The zero-order chi connectivity index (χ0) is 12.3. The molecule has 0 aliphatic rings. The molecule has 1 rings (SSSR count). The van der Waals surface area contributed by atoms with Gasteiger partial charge in [0.15, 0.2) is 0 Å². The van der Waals surface area contributed by atoms with Crippen molar-refractivity contribution in [1.29, 1.82) is 0 Å². The van der Waals surface area contributed by atoms with E-state index in [0.29, 0.717) is 0 Å². The largest absolute Gasteiger partial charge is 0.393 e. The third-order valence-corrected chi connectivity index (χ3v) is 3.25. The Morgan fingerprint density at radius 2 is 1.65 bits per heavy atom. The topological polar surface area (TPSA) is 20.2 Å². The third-order valence-electron chi connectivity index (χ3n) is 3.25. The van der Waals surface area contributed by atoms with Gasteiger partial charge in [-0.15, -0.1) is 0 Å². The first-order valence-electron chi connectivity index (χ1n) is 7.05. The van der Waals surface area contributed by atoms with Gasteiger partial charge in [0.2, 0.25) is 0 Å². The van der Waals surface area contributed by atoms with Crippen molar-refractivity contribution < 1.29 is 5.11 Å². The molecule has 1 unspecified atom stereocenters. The molecule has 1 atom stereocenters. The molecule has 0 saturated carbocycles. The second kappa shape index (κ2) is 9.23. The van der Waals surface area contributed by atoms with E-state index in [0.717, 1.165) is 19.3 Å². The van der Waals surface area contributed by atoms with Crippen LogP contribution >= 0.6 is 0 Å². The molecular weight excluding hydrogens is 208 g/mol. The van der Waals surface area contributed by atoms with Gasteiger partial charge in [0.05, 0.1) is 6.10 Å². The lowest BCUT2D eigenvalue weighted by Crippen LogP contribution is -2.07. The van der Waals surface area contributed by atoms with Gasteiger partial charge in [0.1, 0.15) is 0 Å². The number of benzene rings is 1. The SMILES string of the molecule is CCCCCCCC(O)CCc1ccccc1. The maximum atomic E-state index is 9.87. The summed E-state index contributed by atoms with van der Waals surface area (Å²) in [4.78, 5) is 0. The second-order valence-corrected chi connectivity index (χ2v) is 4.88. The van der Waals surface area contributed by atoms with Crippen molar-refractivity contribution >= 4 is 0 Å². The minimum Gasteiger partial charge on any atom is -0.393 e. The van der Waals surface area contributed by atoms with E-state index in [4.69, 9.17) is 0 Å². The van der Waals surface area contributed by atoms with Crippen LogP contribution in [0.3, 0.4) is 0 Å². The summed E-state index contributed by atoms with van der Waals surface area (Å²) >= 11 is 0. The van der Waals surface area contributed by atoms with Gasteiger partial charge in [-0.3, -0.25) is 0 Å². The van der Waals surface area contributed by atoms with Crippen LogP contribution in [-0.4, -0.2) is 11.2 Å². The van der Waals surface area contributed by atoms with Gasteiger partial charge in [0, 0.05) is 0 Å². The molecular formula is C16H26O. The van der Waals surface area contributed by atoms with Gasteiger partial charge in [-0.2, -0.15) is 0 Å². The Hall–Kier alpha value is -0.820. The lowest BCUT2D eigenvalue weighted by atomic mass is 10.0. The van der Waals surface area contributed by atoms with Crippen LogP contribution in [0.1, 0.15) is 57.4 Å². The number of aliphatic hydroxyl groups is 1. The molecule has 96 valence electrons. The molecule has 1 heteroatoms. The van der Waals surface area contributed by atoms with Crippen molar-refractivity contribution in [2.45, 2.75) is 64.4 Å². The summed E-state index contributed by atoms with van der Waals surface area (Å²) in [5.74, 6) is 0. The highest BCUT2D eigenvalue weighted by atomic mass is 16.3. The number of hydrogen-bond acceptors (Lipinski definition) is 1. The fraction of sp³-hybridized carbons (Fsp3) is 0.625. The van der Waals surface area contributed by atoms with E-state index in [1.807, 2.05) is 6.07 Å². The molecule has 0 radical (unpaired) electrons. The first-order valence-corrected chi connectivity index (χ1v) is 7.05. The highest BCUT2D eigenvalue weighted by Crippen LogP contribution is 2.11. The van der Waals surface area contributed by atoms with Gasteiger partial charge < -0.3 is 5.11 Å². The van der Waals surface area contributed by atoms with Crippen LogP contribution in [0.15, 0.2) is 30.3 Å². The standard InChI is InChI=1S/C16H26O/c1-2-3-4-5-9-12-16(17)14-13-15-10-7-6-8-11-15/h6-8,10-11,16-17H,2-5,9,12-14H2,1H3. The molecule has 0 fully saturated rings. The fourth-order valence-electron chi connectivity index (χ4n) is 2.11. The fourth-order valence-corrected chi connectivity index (χ4v) is 2.11. The maximum Gasteiger partial charge on any atom is 0.0543 e. The quantitative estimate of drug-likeness (QED) is 0.630. The zero-order valence-corrected chi connectivity index (χ0v) is 11.1. The van der Waals surface area contributed by atoms with Crippen LogP contribution in [0.25, 0.3) is 0 Å². The molecule has 0 aliphatic carbocycles. The average Bonchev–Trinajstić information content (AvgIpc) is 2.37. The number of unbranched alkanes of at least 4 members (excludes halogenated alkanes) is 4. The Balaban J connectivity index is 2.03. The summed E-state index contributed by atoms with van der Waals surface area (Å²) in [5, 5.41) is 9.87. The van der Waals surface area contributed by atoms with Crippen LogP contribution in [0, 0.1) is 0 Å². The lowest BCUT2D eigenvalue weighted by Gasteiger charge is -2.10. The Morgan fingerprint density at radius 3 is 2.35 bits per heavy atom. The van der Waals surface area contributed by atoms with Gasteiger partial charge in [-0.05, 0) is 24.8 Å². The van der Waals surface area contributed by atoms with Gasteiger partial charge in [0.25, 0.3) is 0 Å². The second-order valence-electron chi connectivity index (χ2n) is 4.88. The van der Waals surface area contributed by atoms with Crippen molar-refractivity contribution in [2.24, 2.45) is 0 Å². The van der Waals surface area contributed by atoms with E-state index in [9.17, 15) is 5.11 Å². The van der Waals surface area contributed by atoms with Crippen LogP contribution in [0.5, 0.6) is 0 Å². The van der Waals surface area contributed by atoms with Crippen molar-refractivity contribution in [2.75, 3.05) is 0 Å². The molecule has 0 saturated heterocycles. The van der Waals surface area contributed by atoms with Crippen molar-refractivity contribution in [1.82, 2.24) is 0 Å². The van der Waals surface area contributed by atoms with E-state index in [1.165, 1.54) is 37.7 Å². The first kappa shape index (κ1) is 14.2. The normalized spacial score (nSPS) is 12.6. The molecule has 0 bridgehead atoms. The molecule has 1 aromatic rings. The molecule has 0 aromatic heterocycles. The smallest absolute Gasteiger partial charge is 0.0543 e. The Kier molecular flexibility index (Phi) is 7.74. The molecule has 1 aromatic carbocycles. The van der Waals surface area contributed by atoms with Gasteiger partial charge in [-0.1, -0.05) is 69.4 Å². The average molecular weight is 234 g/mol. The van der Waals surface area contributed by atoms with Crippen molar-refractivity contribution in [3.8, 4) is 0 Å². The summed E-state index contributed by atoms with van der Waals surface area (Å²) < 4.78 is 0. The van der Waals surface area contributed by atoms with E-state index in [2.05, 4.69) is 31.2 Å². The predicted octanol–water partition coefficient (Wildman–Crippen LogP) is 4.34. The summed E-state index contributed by atoms with van der Waals surface area (Å²) in [6.07, 6.45) is 9.15. The molecule has 0 amide bonds. The number of hydrogen-bond donors (Lipinski definition) is 1. The minimum atomic E-state index is -0.114. The summed E-state index contributed by atoms with van der Waals surface area (Å²) in [6, 6.07) is 10.4. The highest BCUT2D eigenvalue weighted by Gasteiger charge is 2.04. The zero-order valence-electron chi connectivity index (χ0n) is 11.1. The van der Waals surface area contributed by atoms with E-state index < -0.39 is 0 Å². The first-order chi connectivity index (χ1) is 8.33. The number of rotatable bonds is 9. The summed E-state index contributed by atoms with van der Waals surface area (Å²) in [7, 11) is 0. The van der Waals surface area contributed by atoms with Crippen LogP contribution < -0.4 is 0 Å². The Labute approximate surface area is 106 Å². The number of aliphatic hydroxyl groups excluding tert-OH is 1. The highest BCUT2D eigenvalue weighted by molar-refractivity contribution is 5.14. The van der Waals surface area contributed by atoms with Crippen LogP contribution in [0.2, 0.25) is 0 Å². The lowest BCUT2D eigenvalue weighted by molar-refractivity contribution is 0.151. The third kappa shape index (κ3) is 7.17. The van der Waals surface area contributed by atoms with Gasteiger partial charge >= 0.3 is 0 Å². The molecule has 0 heterocycles. The maximum absolute atomic E-state index is 9.87. The predicted molar refractivity (Wildman–Crippen MR) is 74.1 cm³/mol. The van der Waals surface area contributed by atoms with Crippen molar-refractivity contribution in [3.05, 3.63) is 35.9 Å². The monoisotopic (exact) mass is 234 g/mol. The minimum absolute atomic E-state index is 0.114. The van der Waals surface area contributed by atoms with Crippen molar-refractivity contribution in [3.63, 3.8) is 0 Å². The summed E-state index contributed by atoms with van der Waals surface area (Å²) in [6.45, 7) is 2.23. The van der Waals surface area contributed by atoms with Gasteiger partial charge in [-0.25, -0.2) is 0 Å². The molecule has 1 nitrogen and oxygen atoms in total. The Bertz CT molecular complexity index is 268. The Morgan fingerprint density at radius 1 is 0.941 bits per heavy atom. The molecule has 0 aliphatic heterocycles. The van der Waals surface area contributed by atoms with E-state index in [1.54, 1.807) is 0 Å². The molecule has 17 heavy (non-hydrogen) atoms. The van der Waals surface area contributed by atoms with Crippen LogP contribution in [-0.2, 0) is 6.42 Å². The number of aryl methyl sites for hydroxylation is 1. The molecule has 1 N–H and O–H groups in total. The van der Waals surface area contributed by atoms with E-state index >= 15 is 0 Å². The summed E-state index contributed by atoms with van der Waals surface area (Å²) in [5.41, 5.74) is 1.33. The van der Waals surface area contributed by atoms with Crippen LogP contribution in [0.4, 0.5) is 0 Å². The van der Waals surface area contributed by atoms with E-state index in [-0.39, 0.29) is 6.10 Å². The molecule has 0 spiro atoms.